The number of hydrogen-bond donors (Lipinski definition) is 2. The van der Waals surface area contributed by atoms with Gasteiger partial charge in [-0.2, -0.15) is 0 Å². The molecule has 31 heavy (non-hydrogen) atoms. The molecule has 4 aromatic rings. The van der Waals surface area contributed by atoms with Gasteiger partial charge in [-0.25, -0.2) is 9.37 Å². The SMILES string of the molecule is COc1cc(CNCc2nc3ccccc3[nH]2)c(Br)cc1OCc1c(F)cccc1Cl. The van der Waals surface area contributed by atoms with E-state index < -0.39 is 5.82 Å². The smallest absolute Gasteiger partial charge is 0.162 e. The number of nitrogens with one attached hydrogen (secondary N) is 2. The van der Waals surface area contributed by atoms with Gasteiger partial charge in [-0.15, -0.1) is 0 Å². The third kappa shape index (κ3) is 5.01. The minimum atomic E-state index is -0.406. The highest BCUT2D eigenvalue weighted by molar-refractivity contribution is 9.10. The second-order valence-corrected chi connectivity index (χ2v) is 8.15. The maximum absolute atomic E-state index is 14.0. The number of ether oxygens (including phenoxy) is 2. The van der Waals surface area contributed by atoms with Crippen molar-refractivity contribution in [1.29, 1.82) is 0 Å². The summed E-state index contributed by atoms with van der Waals surface area (Å²) in [5.41, 5.74) is 3.25. The maximum atomic E-state index is 14.0. The number of fused-ring (bicyclic) bond motifs is 1. The number of benzene rings is 3. The second kappa shape index (κ2) is 9.68. The van der Waals surface area contributed by atoms with E-state index in [2.05, 4.69) is 31.2 Å². The summed E-state index contributed by atoms with van der Waals surface area (Å²) in [4.78, 5) is 7.86. The number of halogens is 3. The van der Waals surface area contributed by atoms with Crippen molar-refractivity contribution < 1.29 is 13.9 Å². The first-order chi connectivity index (χ1) is 15.0. The van der Waals surface area contributed by atoms with Gasteiger partial charge >= 0.3 is 0 Å². The van der Waals surface area contributed by atoms with Crippen LogP contribution < -0.4 is 14.8 Å². The predicted molar refractivity (Wildman–Crippen MR) is 123 cm³/mol. The number of H-pyrrole nitrogens is 1. The number of hydrogen-bond acceptors (Lipinski definition) is 4. The highest BCUT2D eigenvalue weighted by atomic mass is 79.9. The van der Waals surface area contributed by atoms with Gasteiger partial charge in [0.15, 0.2) is 11.5 Å². The molecule has 0 amide bonds. The zero-order valence-electron chi connectivity index (χ0n) is 16.7. The van der Waals surface area contributed by atoms with Crippen LogP contribution in [0.4, 0.5) is 4.39 Å². The third-order valence-electron chi connectivity index (χ3n) is 4.81. The van der Waals surface area contributed by atoms with Crippen LogP contribution in [0.5, 0.6) is 11.5 Å². The molecule has 0 aliphatic rings. The lowest BCUT2D eigenvalue weighted by Gasteiger charge is -2.15. The van der Waals surface area contributed by atoms with E-state index >= 15 is 0 Å². The zero-order chi connectivity index (χ0) is 21.8. The van der Waals surface area contributed by atoms with E-state index in [1.54, 1.807) is 19.2 Å². The molecule has 5 nitrogen and oxygen atoms in total. The Bertz CT molecular complexity index is 1160. The van der Waals surface area contributed by atoms with Crippen molar-refractivity contribution in [2.24, 2.45) is 0 Å². The van der Waals surface area contributed by atoms with Gasteiger partial charge in [0.2, 0.25) is 0 Å². The van der Waals surface area contributed by atoms with Gasteiger partial charge in [0.25, 0.3) is 0 Å². The number of nitrogens with zero attached hydrogens (tertiary/aromatic N) is 1. The summed E-state index contributed by atoms with van der Waals surface area (Å²) < 4.78 is 26.1. The molecule has 0 bridgehead atoms. The summed E-state index contributed by atoms with van der Waals surface area (Å²) in [6.07, 6.45) is 0. The van der Waals surface area contributed by atoms with Crippen LogP contribution in [0.1, 0.15) is 17.0 Å². The lowest BCUT2D eigenvalue weighted by molar-refractivity contribution is 0.279. The Kier molecular flexibility index (Phi) is 6.75. The van der Waals surface area contributed by atoms with Crippen LogP contribution in [-0.2, 0) is 19.7 Å². The molecule has 0 aliphatic carbocycles. The van der Waals surface area contributed by atoms with Crippen molar-refractivity contribution in [3.05, 3.63) is 86.9 Å². The Hall–Kier alpha value is -2.61. The van der Waals surface area contributed by atoms with Crippen molar-refractivity contribution >= 4 is 38.6 Å². The van der Waals surface area contributed by atoms with Crippen molar-refractivity contribution in [1.82, 2.24) is 15.3 Å². The quantitative estimate of drug-likeness (QED) is 0.309. The summed E-state index contributed by atoms with van der Waals surface area (Å²) >= 11 is 9.66. The number of methoxy groups -OCH3 is 1. The van der Waals surface area contributed by atoms with Gasteiger partial charge in [-0.3, -0.25) is 0 Å². The van der Waals surface area contributed by atoms with Crippen LogP contribution in [-0.4, -0.2) is 17.1 Å². The first-order valence-corrected chi connectivity index (χ1v) is 10.8. The van der Waals surface area contributed by atoms with E-state index in [0.717, 1.165) is 26.9 Å². The minimum absolute atomic E-state index is 0.00203. The van der Waals surface area contributed by atoms with E-state index in [0.29, 0.717) is 35.2 Å². The molecule has 0 spiro atoms. The van der Waals surface area contributed by atoms with Gasteiger partial charge < -0.3 is 19.8 Å². The average molecular weight is 505 g/mol. The maximum Gasteiger partial charge on any atom is 0.162 e. The highest BCUT2D eigenvalue weighted by Crippen LogP contribution is 2.34. The molecule has 0 saturated carbocycles. The highest BCUT2D eigenvalue weighted by Gasteiger charge is 2.13. The van der Waals surface area contributed by atoms with Gasteiger partial charge in [-0.05, 0) is 42.0 Å². The average Bonchev–Trinajstić information content (AvgIpc) is 3.17. The lowest BCUT2D eigenvalue weighted by Crippen LogP contribution is -2.14. The molecule has 0 aliphatic heterocycles. The summed E-state index contributed by atoms with van der Waals surface area (Å²) in [5, 5.41) is 3.70. The first kappa shape index (κ1) is 21.6. The Morgan fingerprint density at radius 2 is 1.94 bits per heavy atom. The molecule has 0 unspecified atom stereocenters. The molecule has 1 aromatic heterocycles. The van der Waals surface area contributed by atoms with E-state index in [-0.39, 0.29) is 6.61 Å². The number of imidazole rings is 1. The molecule has 8 heteroatoms. The number of para-hydroxylation sites is 2. The fourth-order valence-corrected chi connectivity index (χ4v) is 3.89. The van der Waals surface area contributed by atoms with E-state index in [9.17, 15) is 4.39 Å². The molecule has 2 N–H and O–H groups in total. The van der Waals surface area contributed by atoms with E-state index in [1.165, 1.54) is 6.07 Å². The lowest BCUT2D eigenvalue weighted by atomic mass is 10.2. The normalized spacial score (nSPS) is 11.1. The molecule has 4 rings (SSSR count). The number of rotatable bonds is 8. The van der Waals surface area contributed by atoms with Gasteiger partial charge in [0.05, 0.1) is 29.7 Å². The topological polar surface area (TPSA) is 59.2 Å². The summed E-state index contributed by atoms with van der Waals surface area (Å²) in [5.74, 6) is 1.51. The van der Waals surface area contributed by atoms with Crippen LogP contribution in [0, 0.1) is 5.82 Å². The Morgan fingerprint density at radius 3 is 2.71 bits per heavy atom. The number of aromatic nitrogens is 2. The Labute approximate surface area is 192 Å². The van der Waals surface area contributed by atoms with Crippen molar-refractivity contribution in [2.45, 2.75) is 19.7 Å². The van der Waals surface area contributed by atoms with Crippen LogP contribution in [0.3, 0.4) is 0 Å². The largest absolute Gasteiger partial charge is 0.493 e. The summed E-state index contributed by atoms with van der Waals surface area (Å²) in [6, 6.07) is 16.2. The number of aromatic amines is 1. The van der Waals surface area contributed by atoms with E-state index in [4.69, 9.17) is 21.1 Å². The monoisotopic (exact) mass is 503 g/mol. The fourth-order valence-electron chi connectivity index (χ4n) is 3.21. The first-order valence-electron chi connectivity index (χ1n) is 9.61. The van der Waals surface area contributed by atoms with Crippen molar-refractivity contribution in [3.8, 4) is 11.5 Å². The molecule has 3 aromatic carbocycles. The van der Waals surface area contributed by atoms with Gasteiger partial charge in [-0.1, -0.05) is 45.7 Å². The molecule has 0 radical (unpaired) electrons. The molecule has 160 valence electrons. The summed E-state index contributed by atoms with van der Waals surface area (Å²) in [7, 11) is 1.57. The molecular formula is C23H20BrClFN3O2. The van der Waals surface area contributed by atoms with Crippen LogP contribution >= 0.6 is 27.5 Å². The van der Waals surface area contributed by atoms with Crippen molar-refractivity contribution in [3.63, 3.8) is 0 Å². The fraction of sp³-hybridized carbons (Fsp3) is 0.174. The summed E-state index contributed by atoms with van der Waals surface area (Å²) in [6.45, 7) is 1.18. The van der Waals surface area contributed by atoms with E-state index in [1.807, 2.05) is 36.4 Å². The molecule has 0 saturated heterocycles. The second-order valence-electron chi connectivity index (χ2n) is 6.89. The predicted octanol–water partition coefficient (Wildman–Crippen LogP) is 6.00. The zero-order valence-corrected chi connectivity index (χ0v) is 19.1. The van der Waals surface area contributed by atoms with Gasteiger partial charge in [0.1, 0.15) is 18.2 Å². The van der Waals surface area contributed by atoms with Gasteiger partial charge in [0, 0.05) is 16.6 Å². The van der Waals surface area contributed by atoms with Crippen LogP contribution in [0.2, 0.25) is 5.02 Å². The molecule has 1 heterocycles. The standard InChI is InChI=1S/C23H20BrClFN3O2/c1-30-21-9-14(11-27-12-23-28-19-7-2-3-8-20(19)29-23)16(24)10-22(21)31-13-15-17(25)5-4-6-18(15)26/h2-10,27H,11-13H2,1H3,(H,28,29). The Morgan fingerprint density at radius 1 is 1.10 bits per heavy atom. The Balaban J connectivity index is 1.43. The molecule has 0 atom stereocenters. The molecular weight excluding hydrogens is 485 g/mol. The minimum Gasteiger partial charge on any atom is -0.493 e. The van der Waals surface area contributed by atoms with Crippen LogP contribution in [0.25, 0.3) is 11.0 Å². The third-order valence-corrected chi connectivity index (χ3v) is 5.90. The molecule has 0 fully saturated rings. The van der Waals surface area contributed by atoms with Crippen LogP contribution in [0.15, 0.2) is 59.1 Å². The van der Waals surface area contributed by atoms with Crippen molar-refractivity contribution in [2.75, 3.05) is 7.11 Å².